The van der Waals surface area contributed by atoms with Crippen LogP contribution in [0.3, 0.4) is 0 Å². The molecule has 3 N–H and O–H groups in total. The molecule has 10 nitrogen and oxygen atoms in total. The number of nitrogens with one attached hydrogen (secondary N) is 1. The number of nitrogens with zero attached hydrogens (tertiary/aromatic N) is 3. The predicted molar refractivity (Wildman–Crippen MR) is 120 cm³/mol. The summed E-state index contributed by atoms with van der Waals surface area (Å²) in [4.78, 5) is 47.6. The number of oxime groups is 1. The second kappa shape index (κ2) is 9.55. The fourth-order valence-electron chi connectivity index (χ4n) is 3.97. The minimum Gasteiger partial charge on any atom is -0.543 e. The largest absolute Gasteiger partial charge is 1.00 e. The number of β-lactam (4-membered cyclic amide) rings is 1. The Balaban J connectivity index is 0.00000274. The molecule has 2 aromatic rings. The molecule has 2 aliphatic heterocycles. The maximum atomic E-state index is 12.9. The number of carboxylic acid groups (broad SMARTS) is 1. The van der Waals surface area contributed by atoms with Gasteiger partial charge in [0.2, 0.25) is 0 Å². The number of rotatable bonds is 6. The van der Waals surface area contributed by atoms with E-state index in [1.165, 1.54) is 23.8 Å². The van der Waals surface area contributed by atoms with Crippen molar-refractivity contribution in [3.8, 4) is 0 Å². The van der Waals surface area contributed by atoms with E-state index in [0.717, 1.165) is 22.5 Å². The van der Waals surface area contributed by atoms with Gasteiger partial charge in [0.05, 0.1) is 16.9 Å². The first-order valence-electron chi connectivity index (χ1n) is 9.75. The van der Waals surface area contributed by atoms with E-state index < -0.39 is 29.2 Å². The summed E-state index contributed by atoms with van der Waals surface area (Å²) < 4.78 is 0. The predicted octanol–water partition coefficient (Wildman–Crippen LogP) is -3.05. The van der Waals surface area contributed by atoms with Crippen molar-refractivity contribution in [2.75, 3.05) is 12.8 Å². The van der Waals surface area contributed by atoms with Crippen molar-refractivity contribution in [1.29, 1.82) is 0 Å². The number of hydrogen-bond donors (Lipinski definition) is 2. The van der Waals surface area contributed by atoms with Gasteiger partial charge in [0.25, 0.3) is 11.8 Å². The molecule has 1 aromatic heterocycles. The van der Waals surface area contributed by atoms with E-state index in [9.17, 15) is 19.5 Å². The Kier molecular flexibility index (Phi) is 6.87. The summed E-state index contributed by atoms with van der Waals surface area (Å²) in [6.07, 6.45) is 1.77. The van der Waals surface area contributed by atoms with Crippen LogP contribution in [0, 0.1) is 0 Å². The van der Waals surface area contributed by atoms with Gasteiger partial charge < -0.3 is 25.8 Å². The van der Waals surface area contributed by atoms with Gasteiger partial charge in [-0.15, -0.1) is 23.1 Å². The van der Waals surface area contributed by atoms with Crippen molar-refractivity contribution in [1.82, 2.24) is 15.2 Å². The van der Waals surface area contributed by atoms with Crippen LogP contribution in [0.25, 0.3) is 5.57 Å². The summed E-state index contributed by atoms with van der Waals surface area (Å²) in [5.74, 6) is -2.65. The third-order valence-corrected chi connectivity index (χ3v) is 7.67. The number of allylic oxidation sites excluding steroid dienone is 1. The molecule has 34 heavy (non-hydrogen) atoms. The van der Waals surface area contributed by atoms with Gasteiger partial charge in [-0.1, -0.05) is 41.6 Å². The minimum atomic E-state index is -1.43. The first-order valence-corrected chi connectivity index (χ1v) is 11.6. The number of thiazole rings is 1. The minimum absolute atomic E-state index is 0. The van der Waals surface area contributed by atoms with Gasteiger partial charge in [-0.05, 0) is 16.7 Å². The van der Waals surface area contributed by atoms with Gasteiger partial charge in [-0.3, -0.25) is 14.5 Å². The molecule has 168 valence electrons. The molecule has 1 saturated heterocycles. The summed E-state index contributed by atoms with van der Waals surface area (Å²) in [6.45, 7) is 0. The molecule has 13 heteroatoms. The second-order valence-electron chi connectivity index (χ2n) is 7.32. The number of nitrogen functional groups attached to an aromatic ring is 1. The van der Waals surface area contributed by atoms with Gasteiger partial charge in [0.1, 0.15) is 24.2 Å². The Morgan fingerprint density at radius 2 is 2.03 bits per heavy atom. The number of aromatic nitrogens is 1. The molecule has 0 unspecified atom stereocenters. The topological polar surface area (TPSA) is 150 Å². The Hall–Kier alpha value is -2.64. The molecular weight excluding hydrogens is 489 g/mol. The van der Waals surface area contributed by atoms with E-state index in [-0.39, 0.29) is 57.0 Å². The summed E-state index contributed by atoms with van der Waals surface area (Å²) >= 11 is 2.53. The molecular formula is C21H16N5NaO5S2. The van der Waals surface area contributed by atoms with E-state index >= 15 is 0 Å². The molecule has 0 bridgehead atoms. The van der Waals surface area contributed by atoms with E-state index in [1.807, 2.05) is 30.3 Å². The number of benzene rings is 1. The van der Waals surface area contributed by atoms with E-state index in [4.69, 9.17) is 10.6 Å². The number of carbonyl (C=O) groups excluding carboxylic acids is 3. The van der Waals surface area contributed by atoms with Crippen LogP contribution in [-0.4, -0.2) is 57.2 Å². The van der Waals surface area contributed by atoms with Crippen molar-refractivity contribution in [3.63, 3.8) is 0 Å². The van der Waals surface area contributed by atoms with Crippen LogP contribution in [0.15, 0.2) is 58.2 Å². The Morgan fingerprint density at radius 3 is 2.65 bits per heavy atom. The quantitative estimate of drug-likeness (QED) is 0.182. The fraction of sp³-hybridized carbons (Fsp3) is 0.190. The Bertz CT molecular complexity index is 1280. The summed E-state index contributed by atoms with van der Waals surface area (Å²) in [7, 11) is 1.28. The van der Waals surface area contributed by atoms with E-state index in [0.29, 0.717) is 5.57 Å². The smallest absolute Gasteiger partial charge is 0.543 e. The third-order valence-electron chi connectivity index (χ3n) is 5.46. The van der Waals surface area contributed by atoms with Crippen molar-refractivity contribution in [2.24, 2.45) is 5.16 Å². The molecule has 0 radical (unpaired) electrons. The fourth-order valence-corrected chi connectivity index (χ4v) is 6.14. The van der Waals surface area contributed by atoms with E-state index in [1.54, 1.807) is 11.5 Å². The van der Waals surface area contributed by atoms with Crippen LogP contribution >= 0.6 is 23.1 Å². The van der Waals surface area contributed by atoms with E-state index in [2.05, 4.69) is 15.5 Å². The molecule has 2 amide bonds. The summed E-state index contributed by atoms with van der Waals surface area (Å²) in [6, 6.07) is 8.62. The molecule has 0 spiro atoms. The molecule has 3 atom stereocenters. The zero-order valence-corrected chi connectivity index (χ0v) is 21.7. The van der Waals surface area contributed by atoms with Crippen LogP contribution < -0.4 is 45.7 Å². The van der Waals surface area contributed by atoms with Gasteiger partial charge in [0, 0.05) is 5.38 Å². The van der Waals surface area contributed by atoms with Crippen molar-refractivity contribution < 1.29 is 53.9 Å². The van der Waals surface area contributed by atoms with Crippen LogP contribution in [-0.2, 0) is 19.2 Å². The van der Waals surface area contributed by atoms with Crippen molar-refractivity contribution in [3.05, 3.63) is 64.3 Å². The third kappa shape index (κ3) is 3.95. The van der Waals surface area contributed by atoms with Gasteiger partial charge in [-0.25, -0.2) is 4.98 Å². The average Bonchev–Trinajstić information content (AvgIpc) is 3.22. The monoisotopic (exact) mass is 505 g/mol. The van der Waals surface area contributed by atoms with Crippen LogP contribution in [0.2, 0.25) is 0 Å². The molecule has 1 aliphatic carbocycles. The zero-order chi connectivity index (χ0) is 23.3. The van der Waals surface area contributed by atoms with Gasteiger partial charge in [-0.2, -0.15) is 0 Å². The number of thioether (sulfide) groups is 1. The van der Waals surface area contributed by atoms with Crippen LogP contribution in [0.1, 0.15) is 11.3 Å². The molecule has 0 saturated carbocycles. The van der Waals surface area contributed by atoms with Crippen LogP contribution in [0.4, 0.5) is 5.13 Å². The average molecular weight is 506 g/mol. The number of amides is 2. The maximum absolute atomic E-state index is 12.9. The maximum Gasteiger partial charge on any atom is 1.00 e. The van der Waals surface area contributed by atoms with Crippen molar-refractivity contribution in [2.45, 2.75) is 16.7 Å². The number of fused-ring (bicyclic) bond motifs is 2. The van der Waals surface area contributed by atoms with Crippen LogP contribution in [0.5, 0.6) is 0 Å². The Morgan fingerprint density at radius 1 is 1.29 bits per heavy atom. The van der Waals surface area contributed by atoms with Crippen molar-refractivity contribution >= 4 is 57.3 Å². The second-order valence-corrected chi connectivity index (χ2v) is 9.43. The molecule has 3 aliphatic rings. The first-order chi connectivity index (χ1) is 15.9. The number of hydrogen-bond acceptors (Lipinski definition) is 10. The first kappa shape index (κ1) is 24.5. The summed E-state index contributed by atoms with van der Waals surface area (Å²) in [5.41, 5.74) is 8.02. The molecule has 3 heterocycles. The van der Waals surface area contributed by atoms with Gasteiger partial charge in [0.15, 0.2) is 10.8 Å². The number of nitrogens with two attached hydrogens (primary N) is 1. The molecule has 1 fully saturated rings. The standard InChI is InChI=1S/C21H17N5O5S2.Na/c1-31-25-13(12-8-32-21(22)23-12)17(27)24-14-18(28)26-15(20(29)30)11-7-10(16(11)33-19(14)26)9-5-3-2-4-6-9;/h2-8,14,16,19H,1H3,(H2,22,23)(H,24,27)(H,29,30);/q;+1/p-1/b25-13-;/t14-,16-,19-;/m1./s1. The number of anilines is 1. The Labute approximate surface area is 224 Å². The normalized spacial score (nSPS) is 22.9. The number of carboxylic acids is 1. The summed E-state index contributed by atoms with van der Waals surface area (Å²) in [5, 5.41) is 19.2. The number of aliphatic carboxylic acids is 1. The zero-order valence-electron chi connectivity index (χ0n) is 18.1. The molecule has 5 rings (SSSR count). The SMILES string of the molecule is CO/N=C(\C(=O)N[C@@H]1C(=O)N2C(C(=O)[O-])=C3C=C(c4ccccc4)[C@H]3S[C@H]12)c1csc(N)n1.[Na+]. The number of carbonyl (C=O) groups is 3. The van der Waals surface area contributed by atoms with Gasteiger partial charge >= 0.3 is 29.6 Å². The molecule has 1 aromatic carbocycles.